The Morgan fingerprint density at radius 3 is 2.56 bits per heavy atom. The lowest BCUT2D eigenvalue weighted by atomic mass is 9.81. The van der Waals surface area contributed by atoms with Crippen LogP contribution < -0.4 is 5.73 Å². The Kier molecular flexibility index (Phi) is 6.15. The maximum absolute atomic E-state index is 12.4. The fraction of sp³-hybridized carbons (Fsp3) is 0.471. The highest BCUT2D eigenvalue weighted by Gasteiger charge is 2.39. The van der Waals surface area contributed by atoms with Crippen LogP contribution in [0, 0.1) is 11.3 Å². The summed E-state index contributed by atoms with van der Waals surface area (Å²) in [6, 6.07) is 4.99. The molecule has 0 heterocycles. The van der Waals surface area contributed by atoms with Gasteiger partial charge < -0.3 is 15.4 Å². The molecule has 25 heavy (non-hydrogen) atoms. The maximum atomic E-state index is 12.4. The molecule has 0 aliphatic heterocycles. The van der Waals surface area contributed by atoms with Gasteiger partial charge in [0.05, 0.1) is 22.3 Å². The van der Waals surface area contributed by atoms with Crippen molar-refractivity contribution in [2.24, 2.45) is 0 Å². The van der Waals surface area contributed by atoms with Gasteiger partial charge in [0.25, 0.3) is 5.91 Å². The molecule has 0 saturated heterocycles. The van der Waals surface area contributed by atoms with Gasteiger partial charge in [-0.2, -0.15) is 5.26 Å². The number of rotatable bonds is 4. The second kappa shape index (κ2) is 7.94. The fourth-order valence-corrected chi connectivity index (χ4v) is 3.45. The van der Waals surface area contributed by atoms with Crippen molar-refractivity contribution in [3.05, 3.63) is 27.7 Å². The first-order valence-electron chi connectivity index (χ1n) is 7.90. The topological polar surface area (TPSA) is 96.4 Å². The molecule has 1 aromatic rings. The Labute approximate surface area is 156 Å². The average molecular weight is 384 g/mol. The van der Waals surface area contributed by atoms with Gasteiger partial charge in [-0.25, -0.2) is 4.79 Å². The number of anilines is 1. The third kappa shape index (κ3) is 4.17. The minimum Gasteiger partial charge on any atom is -0.452 e. The number of nitrogens with zero attached hydrogens (tertiary/aromatic N) is 2. The lowest BCUT2D eigenvalue weighted by Gasteiger charge is -2.38. The molecule has 0 unspecified atom stereocenters. The first kappa shape index (κ1) is 19.4. The van der Waals surface area contributed by atoms with E-state index in [1.54, 1.807) is 7.05 Å². The molecule has 1 aromatic carbocycles. The average Bonchev–Trinajstić information content (AvgIpc) is 2.62. The molecule has 1 amide bonds. The lowest BCUT2D eigenvalue weighted by Crippen LogP contribution is -2.51. The van der Waals surface area contributed by atoms with E-state index in [-0.39, 0.29) is 21.3 Å². The number of likely N-dealkylation sites (N-methyl/N-ethyl adjacent to an activating group) is 1. The van der Waals surface area contributed by atoms with Crippen LogP contribution in [-0.2, 0) is 9.53 Å². The highest BCUT2D eigenvalue weighted by molar-refractivity contribution is 6.37. The summed E-state index contributed by atoms with van der Waals surface area (Å²) in [6.07, 6.45) is 4.08. The summed E-state index contributed by atoms with van der Waals surface area (Å²) in [7, 11) is 1.56. The number of nitrogens with two attached hydrogens (primary N) is 1. The Morgan fingerprint density at radius 2 is 1.96 bits per heavy atom. The van der Waals surface area contributed by atoms with Crippen molar-refractivity contribution in [1.29, 1.82) is 5.26 Å². The van der Waals surface area contributed by atoms with Crippen LogP contribution in [0.3, 0.4) is 0 Å². The number of hydrogen-bond donors (Lipinski definition) is 1. The van der Waals surface area contributed by atoms with Gasteiger partial charge >= 0.3 is 5.97 Å². The van der Waals surface area contributed by atoms with Gasteiger partial charge in [-0.1, -0.05) is 42.5 Å². The summed E-state index contributed by atoms with van der Waals surface area (Å²) < 4.78 is 5.05. The number of ether oxygens (including phenoxy) is 1. The Morgan fingerprint density at radius 1 is 1.32 bits per heavy atom. The Balaban J connectivity index is 2.04. The van der Waals surface area contributed by atoms with Crippen LogP contribution in [0.1, 0.15) is 42.5 Å². The monoisotopic (exact) mass is 383 g/mol. The van der Waals surface area contributed by atoms with Crippen molar-refractivity contribution >= 4 is 40.8 Å². The molecule has 1 aliphatic rings. The maximum Gasteiger partial charge on any atom is 0.340 e. The van der Waals surface area contributed by atoms with Crippen molar-refractivity contribution in [2.75, 3.05) is 19.4 Å². The minimum atomic E-state index is -0.833. The van der Waals surface area contributed by atoms with E-state index in [4.69, 9.17) is 33.7 Å². The normalized spacial score (nSPS) is 15.9. The van der Waals surface area contributed by atoms with E-state index in [1.807, 2.05) is 0 Å². The molecule has 1 saturated carbocycles. The number of nitriles is 1. The smallest absolute Gasteiger partial charge is 0.340 e. The SMILES string of the molecule is CN(C(=O)COC(=O)c1cc(Cl)cc(Cl)c1N)C1(C#N)CCCCC1. The zero-order valence-corrected chi connectivity index (χ0v) is 15.4. The molecule has 0 aromatic heterocycles. The molecule has 134 valence electrons. The minimum absolute atomic E-state index is 0.000570. The third-order valence-electron chi connectivity index (χ3n) is 4.55. The number of carbonyl (C=O) groups excluding carboxylic acids is 2. The second-order valence-corrected chi connectivity index (χ2v) is 6.93. The summed E-state index contributed by atoms with van der Waals surface area (Å²) in [5, 5.41) is 9.89. The molecule has 1 fully saturated rings. The van der Waals surface area contributed by atoms with Gasteiger partial charge in [0.15, 0.2) is 6.61 Å². The van der Waals surface area contributed by atoms with E-state index >= 15 is 0 Å². The predicted molar refractivity (Wildman–Crippen MR) is 95.4 cm³/mol. The van der Waals surface area contributed by atoms with Gasteiger partial charge in [0, 0.05) is 12.1 Å². The lowest BCUT2D eigenvalue weighted by molar-refractivity contribution is -0.138. The molecule has 6 nitrogen and oxygen atoms in total. The van der Waals surface area contributed by atoms with Crippen molar-refractivity contribution in [3.63, 3.8) is 0 Å². The largest absolute Gasteiger partial charge is 0.452 e. The summed E-state index contributed by atoms with van der Waals surface area (Å²) in [5.74, 6) is -1.23. The standard InChI is InChI=1S/C17H19Cl2N3O3/c1-22(17(10-20)5-3-2-4-6-17)14(23)9-25-16(24)12-7-11(18)8-13(19)15(12)21/h7-8H,2-6,9,21H2,1H3. The van der Waals surface area contributed by atoms with Gasteiger partial charge in [-0.05, 0) is 25.0 Å². The Hall–Kier alpha value is -1.97. The molecule has 0 atom stereocenters. The molecular formula is C17H19Cl2N3O3. The van der Waals surface area contributed by atoms with Crippen LogP contribution >= 0.6 is 23.2 Å². The van der Waals surface area contributed by atoms with Gasteiger partial charge in [-0.3, -0.25) is 4.79 Å². The molecule has 8 heteroatoms. The van der Waals surface area contributed by atoms with E-state index in [0.29, 0.717) is 12.8 Å². The van der Waals surface area contributed by atoms with E-state index in [0.717, 1.165) is 19.3 Å². The number of hydrogen-bond acceptors (Lipinski definition) is 5. The van der Waals surface area contributed by atoms with E-state index in [2.05, 4.69) is 6.07 Å². The number of benzene rings is 1. The highest BCUT2D eigenvalue weighted by Crippen LogP contribution is 2.32. The molecule has 1 aliphatic carbocycles. The van der Waals surface area contributed by atoms with Crippen LogP contribution in [0.15, 0.2) is 12.1 Å². The molecule has 0 spiro atoms. The molecule has 2 rings (SSSR count). The number of nitrogen functional groups attached to an aromatic ring is 1. The van der Waals surface area contributed by atoms with Gasteiger partial charge in [-0.15, -0.1) is 0 Å². The van der Waals surface area contributed by atoms with Gasteiger partial charge in [0.2, 0.25) is 0 Å². The number of carbonyl (C=O) groups is 2. The molecule has 0 radical (unpaired) electrons. The Bertz CT molecular complexity index is 725. The second-order valence-electron chi connectivity index (χ2n) is 6.08. The van der Waals surface area contributed by atoms with E-state index in [1.165, 1.54) is 17.0 Å². The number of amides is 1. The van der Waals surface area contributed by atoms with Crippen LogP contribution in [0.25, 0.3) is 0 Å². The fourth-order valence-electron chi connectivity index (χ4n) is 2.95. The van der Waals surface area contributed by atoms with Crippen molar-refractivity contribution in [2.45, 2.75) is 37.6 Å². The molecule has 2 N–H and O–H groups in total. The molecule has 0 bridgehead atoms. The van der Waals surface area contributed by atoms with E-state index in [9.17, 15) is 14.9 Å². The molecular weight excluding hydrogens is 365 g/mol. The highest BCUT2D eigenvalue weighted by atomic mass is 35.5. The summed E-state index contributed by atoms with van der Waals surface area (Å²) in [4.78, 5) is 25.9. The quantitative estimate of drug-likeness (QED) is 0.634. The number of halogens is 2. The zero-order valence-electron chi connectivity index (χ0n) is 13.8. The van der Waals surface area contributed by atoms with Crippen molar-refractivity contribution < 1.29 is 14.3 Å². The van der Waals surface area contributed by atoms with Crippen LogP contribution in [0.2, 0.25) is 10.0 Å². The van der Waals surface area contributed by atoms with E-state index < -0.39 is 24.0 Å². The first-order chi connectivity index (χ1) is 11.8. The van der Waals surface area contributed by atoms with Crippen LogP contribution in [-0.4, -0.2) is 36.0 Å². The third-order valence-corrected chi connectivity index (χ3v) is 5.08. The first-order valence-corrected chi connectivity index (χ1v) is 8.66. The zero-order chi connectivity index (χ0) is 18.6. The van der Waals surface area contributed by atoms with Gasteiger partial charge in [0.1, 0.15) is 5.54 Å². The summed E-state index contributed by atoms with van der Waals surface area (Å²) in [6.45, 7) is -0.484. The predicted octanol–water partition coefficient (Wildman–Crippen LogP) is 3.42. The summed E-state index contributed by atoms with van der Waals surface area (Å²) >= 11 is 11.7. The van der Waals surface area contributed by atoms with Crippen molar-refractivity contribution in [1.82, 2.24) is 4.90 Å². The number of esters is 1. The van der Waals surface area contributed by atoms with Crippen LogP contribution in [0.4, 0.5) is 5.69 Å². The van der Waals surface area contributed by atoms with Crippen molar-refractivity contribution in [3.8, 4) is 6.07 Å². The van der Waals surface area contributed by atoms with Crippen LogP contribution in [0.5, 0.6) is 0 Å². The summed E-state index contributed by atoms with van der Waals surface area (Å²) in [5.41, 5.74) is 4.96.